The van der Waals surface area contributed by atoms with Gasteiger partial charge in [-0.15, -0.1) is 0 Å². The minimum Gasteiger partial charge on any atom is -0.444 e. The van der Waals surface area contributed by atoms with E-state index in [4.69, 9.17) is 4.74 Å². The largest absolute Gasteiger partial charge is 0.444 e. The molecule has 2 amide bonds. The van der Waals surface area contributed by atoms with Crippen LogP contribution >= 0.6 is 11.8 Å². The number of anilines is 1. The molecule has 1 N–H and O–H groups in total. The smallest absolute Gasteiger partial charge is 0.416 e. The van der Waals surface area contributed by atoms with Gasteiger partial charge in [0, 0.05) is 10.9 Å². The van der Waals surface area contributed by atoms with Gasteiger partial charge in [0.25, 0.3) is 5.91 Å². The van der Waals surface area contributed by atoms with Crippen molar-refractivity contribution in [1.82, 2.24) is 5.32 Å². The van der Waals surface area contributed by atoms with Crippen molar-refractivity contribution in [3.63, 3.8) is 0 Å². The van der Waals surface area contributed by atoms with E-state index in [1.165, 1.54) is 0 Å². The number of amides is 2. The van der Waals surface area contributed by atoms with E-state index in [1.807, 2.05) is 0 Å². The number of nitrogens with one attached hydrogen (secondary N) is 1. The number of aliphatic imine (C=N–C) groups is 1. The lowest BCUT2D eigenvalue weighted by Gasteiger charge is -2.26. The van der Waals surface area contributed by atoms with Crippen LogP contribution in [0.3, 0.4) is 0 Å². The first-order valence-corrected chi connectivity index (χ1v) is 13.0. The molecule has 0 aromatic heterocycles. The zero-order chi connectivity index (χ0) is 27.3. The molecule has 0 saturated carbocycles. The van der Waals surface area contributed by atoms with Crippen molar-refractivity contribution in [3.8, 4) is 0 Å². The number of hydrogen-bond acceptors (Lipinski definition) is 6. The number of halogens is 6. The van der Waals surface area contributed by atoms with Crippen molar-refractivity contribution in [2.75, 3.05) is 23.0 Å². The summed E-state index contributed by atoms with van der Waals surface area (Å²) in [6, 6.07) is -0.207. The van der Waals surface area contributed by atoms with E-state index in [9.17, 15) is 44.3 Å². The van der Waals surface area contributed by atoms with Crippen LogP contribution in [0.15, 0.2) is 23.2 Å². The molecule has 2 heterocycles. The second-order valence-electron chi connectivity index (χ2n) is 9.08. The van der Waals surface area contributed by atoms with Crippen molar-refractivity contribution in [1.29, 1.82) is 0 Å². The van der Waals surface area contributed by atoms with Crippen molar-refractivity contribution >= 4 is 44.5 Å². The Bertz CT molecular complexity index is 1160. The number of nitrogens with zero attached hydrogens (tertiary/aromatic N) is 2. The Morgan fingerprint density at radius 1 is 1.06 bits per heavy atom. The Balaban J connectivity index is 1.99. The average molecular weight is 562 g/mol. The van der Waals surface area contributed by atoms with E-state index in [-0.39, 0.29) is 11.2 Å². The molecule has 2 fully saturated rings. The molecule has 2 aliphatic rings. The van der Waals surface area contributed by atoms with Crippen LogP contribution in [-0.4, -0.2) is 60.5 Å². The number of thioether (sulfide) groups is 1. The molecule has 1 aromatic carbocycles. The van der Waals surface area contributed by atoms with Gasteiger partial charge in [0.1, 0.15) is 12.1 Å². The minimum absolute atomic E-state index is 0.0533. The minimum atomic E-state index is -5.13. The first-order chi connectivity index (χ1) is 16.2. The van der Waals surface area contributed by atoms with Crippen LogP contribution in [0.25, 0.3) is 0 Å². The fourth-order valence-corrected chi connectivity index (χ4v) is 7.48. The molecule has 1 aromatic rings. The van der Waals surface area contributed by atoms with E-state index in [2.05, 4.69) is 10.3 Å². The molecule has 2 aliphatic heterocycles. The molecule has 8 nitrogen and oxygen atoms in total. The molecule has 0 radical (unpaired) electrons. The Kier molecular flexibility index (Phi) is 7.36. The molecule has 36 heavy (non-hydrogen) atoms. The maximum atomic E-state index is 13.4. The second-order valence-corrected chi connectivity index (χ2v) is 12.4. The SMILES string of the molecule is CC(C)(C)OC(=O)NCC(=O)N=C1S[C@@H]2CS(=O)(=O)C[C@@H]2N1c1cc(C(F)(F)F)cc(C(F)(F)F)c1. The Hall–Kier alpha value is -2.49. The van der Waals surface area contributed by atoms with Gasteiger partial charge in [-0.1, -0.05) is 11.8 Å². The van der Waals surface area contributed by atoms with Gasteiger partial charge in [0.05, 0.1) is 28.7 Å². The lowest BCUT2D eigenvalue weighted by molar-refractivity contribution is -0.143. The highest BCUT2D eigenvalue weighted by Crippen LogP contribution is 2.44. The lowest BCUT2D eigenvalue weighted by Crippen LogP contribution is -2.39. The highest BCUT2D eigenvalue weighted by molar-refractivity contribution is 8.16. The van der Waals surface area contributed by atoms with Crippen molar-refractivity contribution < 1.29 is 49.1 Å². The fraction of sp³-hybridized carbons (Fsp3) is 0.550. The number of benzene rings is 1. The normalized spacial score (nSPS) is 23.0. The van der Waals surface area contributed by atoms with E-state index in [0.29, 0.717) is 12.1 Å². The summed E-state index contributed by atoms with van der Waals surface area (Å²) in [6.07, 6.45) is -11.2. The number of carbonyl (C=O) groups excluding carboxylic acids is 2. The van der Waals surface area contributed by atoms with Crippen LogP contribution < -0.4 is 10.2 Å². The van der Waals surface area contributed by atoms with Gasteiger partial charge in [0.15, 0.2) is 15.0 Å². The van der Waals surface area contributed by atoms with Gasteiger partial charge in [-0.05, 0) is 39.0 Å². The monoisotopic (exact) mass is 561 g/mol. The number of fused-ring (bicyclic) bond motifs is 1. The number of alkyl halides is 6. The summed E-state index contributed by atoms with van der Waals surface area (Å²) in [4.78, 5) is 28.8. The Morgan fingerprint density at radius 2 is 1.61 bits per heavy atom. The van der Waals surface area contributed by atoms with E-state index >= 15 is 0 Å². The van der Waals surface area contributed by atoms with Crippen LogP contribution in [0.2, 0.25) is 0 Å². The Labute approximate surface area is 206 Å². The van der Waals surface area contributed by atoms with Crippen LogP contribution in [0.4, 0.5) is 36.8 Å². The number of amidine groups is 1. The summed E-state index contributed by atoms with van der Waals surface area (Å²) in [5, 5.41) is 1.10. The maximum absolute atomic E-state index is 13.4. The molecule has 3 rings (SSSR count). The Morgan fingerprint density at radius 3 is 2.11 bits per heavy atom. The second kappa shape index (κ2) is 9.43. The first-order valence-electron chi connectivity index (χ1n) is 10.3. The van der Waals surface area contributed by atoms with E-state index in [0.717, 1.165) is 16.7 Å². The van der Waals surface area contributed by atoms with Gasteiger partial charge in [0.2, 0.25) is 0 Å². The summed E-state index contributed by atoms with van der Waals surface area (Å²) in [7, 11) is -3.63. The average Bonchev–Trinajstić information content (AvgIpc) is 3.14. The van der Waals surface area contributed by atoms with Crippen molar-refractivity contribution in [3.05, 3.63) is 29.3 Å². The summed E-state index contributed by atoms with van der Waals surface area (Å²) in [5.41, 5.74) is -4.67. The topological polar surface area (TPSA) is 105 Å². The van der Waals surface area contributed by atoms with E-state index < -0.39 is 85.9 Å². The highest BCUT2D eigenvalue weighted by Gasteiger charge is 2.50. The van der Waals surface area contributed by atoms with Gasteiger partial charge < -0.3 is 15.0 Å². The predicted molar refractivity (Wildman–Crippen MR) is 119 cm³/mol. The van der Waals surface area contributed by atoms with Gasteiger partial charge in [-0.25, -0.2) is 13.2 Å². The van der Waals surface area contributed by atoms with Crippen LogP contribution in [0, 0.1) is 0 Å². The van der Waals surface area contributed by atoms with Crippen molar-refractivity contribution in [2.24, 2.45) is 4.99 Å². The highest BCUT2D eigenvalue weighted by atomic mass is 32.2. The van der Waals surface area contributed by atoms with Crippen LogP contribution in [0.1, 0.15) is 31.9 Å². The molecule has 2 saturated heterocycles. The maximum Gasteiger partial charge on any atom is 0.416 e. The summed E-state index contributed by atoms with van der Waals surface area (Å²) >= 11 is 0.755. The van der Waals surface area contributed by atoms with Crippen LogP contribution in [0.5, 0.6) is 0 Å². The number of hydrogen-bond donors (Lipinski definition) is 1. The molecule has 200 valence electrons. The van der Waals surface area contributed by atoms with Gasteiger partial charge in [-0.2, -0.15) is 31.3 Å². The summed E-state index contributed by atoms with van der Waals surface area (Å²) in [5.74, 6) is -1.92. The fourth-order valence-electron chi connectivity index (χ4n) is 3.55. The first kappa shape index (κ1) is 28.1. The quantitative estimate of drug-likeness (QED) is 0.559. The van der Waals surface area contributed by atoms with Gasteiger partial charge >= 0.3 is 18.4 Å². The number of alkyl carbamates (subject to hydrolysis) is 1. The number of rotatable bonds is 3. The molecule has 0 bridgehead atoms. The van der Waals surface area contributed by atoms with Gasteiger partial charge in [-0.3, -0.25) is 4.79 Å². The third-order valence-electron chi connectivity index (χ3n) is 4.92. The summed E-state index contributed by atoms with van der Waals surface area (Å²) < 4.78 is 110. The zero-order valence-electron chi connectivity index (χ0n) is 19.0. The molecule has 0 unspecified atom stereocenters. The molecular weight excluding hydrogens is 540 g/mol. The molecule has 2 atom stereocenters. The molecule has 16 heteroatoms. The zero-order valence-corrected chi connectivity index (χ0v) is 20.7. The molecule has 0 spiro atoms. The molecular formula is C20H21F6N3O5S2. The third-order valence-corrected chi connectivity index (χ3v) is 8.13. The third kappa shape index (κ3) is 6.83. The van der Waals surface area contributed by atoms with Crippen molar-refractivity contribution in [2.45, 2.75) is 50.0 Å². The number of sulfone groups is 1. The van der Waals surface area contributed by atoms with Crippen LogP contribution in [-0.2, 0) is 31.7 Å². The predicted octanol–water partition coefficient (Wildman–Crippen LogP) is 3.85. The standard InChI is InChI=1S/C20H21F6N3O5S2/c1-18(2,3)34-17(31)27-7-15(30)28-16-29(13-8-36(32,33)9-14(13)35-16)12-5-10(19(21,22)23)4-11(6-12)20(24,25)26/h4-6,13-14H,7-9H2,1-3H3,(H,27,31)/t13-,14+/m0/s1. The number of ether oxygens (including phenoxy) is 1. The lowest BCUT2D eigenvalue weighted by atomic mass is 10.1. The van der Waals surface area contributed by atoms with E-state index in [1.54, 1.807) is 20.8 Å². The molecule has 0 aliphatic carbocycles. The number of carbonyl (C=O) groups is 2. The summed E-state index contributed by atoms with van der Waals surface area (Å²) in [6.45, 7) is 4.08.